The van der Waals surface area contributed by atoms with Crippen molar-refractivity contribution in [3.63, 3.8) is 0 Å². The van der Waals surface area contributed by atoms with Crippen LogP contribution in [0.1, 0.15) is 25.7 Å². The molecule has 2 fully saturated rings. The molecular formula is C13H21N3O. The maximum absolute atomic E-state index is 12.2. The third-order valence-corrected chi connectivity index (χ3v) is 3.63. The first-order chi connectivity index (χ1) is 8.33. The van der Waals surface area contributed by atoms with Gasteiger partial charge in [0, 0.05) is 32.1 Å². The van der Waals surface area contributed by atoms with Crippen LogP contribution in [0.5, 0.6) is 0 Å². The molecule has 0 aromatic heterocycles. The minimum atomic E-state index is 0.217. The summed E-state index contributed by atoms with van der Waals surface area (Å²) in [6.45, 7) is 4.63. The minimum Gasteiger partial charge on any atom is -0.323 e. The third-order valence-electron chi connectivity index (χ3n) is 3.63. The van der Waals surface area contributed by atoms with Crippen LogP contribution in [0.3, 0.4) is 0 Å². The van der Waals surface area contributed by atoms with Crippen LogP contribution in [-0.4, -0.2) is 54.6 Å². The van der Waals surface area contributed by atoms with E-state index in [1.54, 1.807) is 0 Å². The van der Waals surface area contributed by atoms with Gasteiger partial charge in [0.15, 0.2) is 0 Å². The second-order valence-electron chi connectivity index (χ2n) is 4.75. The molecule has 17 heavy (non-hydrogen) atoms. The molecule has 2 rings (SSSR count). The SMILES string of the molecule is C#CCCCN1CCN(C2CCNCC2)C1=O. The van der Waals surface area contributed by atoms with Gasteiger partial charge in [-0.05, 0) is 32.4 Å². The molecule has 1 N–H and O–H groups in total. The van der Waals surface area contributed by atoms with Crippen molar-refractivity contribution in [2.45, 2.75) is 31.7 Å². The maximum atomic E-state index is 12.2. The van der Waals surface area contributed by atoms with Gasteiger partial charge in [0.25, 0.3) is 0 Å². The van der Waals surface area contributed by atoms with Crippen molar-refractivity contribution in [3.8, 4) is 12.3 Å². The van der Waals surface area contributed by atoms with Crippen LogP contribution in [0.15, 0.2) is 0 Å². The molecule has 0 aromatic carbocycles. The molecule has 0 unspecified atom stereocenters. The Labute approximate surface area is 103 Å². The minimum absolute atomic E-state index is 0.217. The number of urea groups is 1. The lowest BCUT2D eigenvalue weighted by Gasteiger charge is -2.31. The summed E-state index contributed by atoms with van der Waals surface area (Å²) in [5, 5.41) is 3.33. The molecule has 0 aromatic rings. The van der Waals surface area contributed by atoms with Crippen LogP contribution in [0, 0.1) is 12.3 Å². The highest BCUT2D eigenvalue weighted by atomic mass is 16.2. The molecule has 4 heteroatoms. The van der Waals surface area contributed by atoms with E-state index in [-0.39, 0.29) is 6.03 Å². The molecule has 2 saturated heterocycles. The summed E-state index contributed by atoms with van der Waals surface area (Å²) in [6.07, 6.45) is 9.08. The summed E-state index contributed by atoms with van der Waals surface area (Å²) in [7, 11) is 0. The smallest absolute Gasteiger partial charge is 0.320 e. The van der Waals surface area contributed by atoms with E-state index < -0.39 is 0 Å². The number of hydrogen-bond donors (Lipinski definition) is 1. The number of rotatable bonds is 4. The van der Waals surface area contributed by atoms with Gasteiger partial charge in [-0.3, -0.25) is 0 Å². The van der Waals surface area contributed by atoms with Gasteiger partial charge in [-0.25, -0.2) is 4.79 Å². The molecular weight excluding hydrogens is 214 g/mol. The average Bonchev–Trinajstić information content (AvgIpc) is 2.73. The number of nitrogens with zero attached hydrogens (tertiary/aromatic N) is 2. The summed E-state index contributed by atoms with van der Waals surface area (Å²) in [5.74, 6) is 2.62. The largest absolute Gasteiger partial charge is 0.323 e. The van der Waals surface area contributed by atoms with E-state index in [0.717, 1.165) is 58.4 Å². The van der Waals surface area contributed by atoms with Gasteiger partial charge in [0.05, 0.1) is 0 Å². The lowest BCUT2D eigenvalue weighted by molar-refractivity contribution is 0.165. The van der Waals surface area contributed by atoms with Crippen LogP contribution >= 0.6 is 0 Å². The van der Waals surface area contributed by atoms with Crippen molar-refractivity contribution in [2.24, 2.45) is 0 Å². The Morgan fingerprint density at radius 3 is 2.82 bits per heavy atom. The predicted octanol–water partition coefficient (Wildman–Crippen LogP) is 0.889. The average molecular weight is 235 g/mol. The number of piperidine rings is 1. The molecule has 2 aliphatic heterocycles. The number of terminal acetylenes is 1. The molecule has 0 saturated carbocycles. The van der Waals surface area contributed by atoms with Gasteiger partial charge >= 0.3 is 6.03 Å². The van der Waals surface area contributed by atoms with Crippen LogP contribution in [0.25, 0.3) is 0 Å². The fraction of sp³-hybridized carbons (Fsp3) is 0.769. The fourth-order valence-corrected chi connectivity index (χ4v) is 2.64. The van der Waals surface area contributed by atoms with E-state index in [1.807, 2.05) is 4.90 Å². The molecule has 2 aliphatic rings. The van der Waals surface area contributed by atoms with Gasteiger partial charge in [0.2, 0.25) is 0 Å². The summed E-state index contributed by atoms with van der Waals surface area (Å²) < 4.78 is 0. The summed E-state index contributed by atoms with van der Waals surface area (Å²) >= 11 is 0. The van der Waals surface area contributed by atoms with Crippen molar-refractivity contribution < 1.29 is 4.79 Å². The number of unbranched alkanes of at least 4 members (excludes halogenated alkanes) is 1. The van der Waals surface area contributed by atoms with Crippen LogP contribution in [-0.2, 0) is 0 Å². The Morgan fingerprint density at radius 1 is 1.35 bits per heavy atom. The Hall–Kier alpha value is -1.21. The van der Waals surface area contributed by atoms with E-state index in [2.05, 4.69) is 16.1 Å². The molecule has 0 aliphatic carbocycles. The van der Waals surface area contributed by atoms with E-state index >= 15 is 0 Å². The van der Waals surface area contributed by atoms with Crippen molar-refractivity contribution in [1.29, 1.82) is 0 Å². The van der Waals surface area contributed by atoms with E-state index in [1.165, 1.54) is 0 Å². The monoisotopic (exact) mass is 235 g/mol. The molecule has 2 amide bonds. The number of hydrogen-bond acceptors (Lipinski definition) is 2. The topological polar surface area (TPSA) is 35.6 Å². The number of amides is 2. The molecule has 94 valence electrons. The standard InChI is InChI=1S/C13H21N3O/c1-2-3-4-9-15-10-11-16(13(15)17)12-5-7-14-8-6-12/h1,12,14H,3-11H2. The quantitative estimate of drug-likeness (QED) is 0.580. The maximum Gasteiger partial charge on any atom is 0.320 e. The predicted molar refractivity (Wildman–Crippen MR) is 67.6 cm³/mol. The van der Waals surface area contributed by atoms with Gasteiger partial charge in [-0.1, -0.05) is 0 Å². The van der Waals surface area contributed by atoms with Crippen molar-refractivity contribution in [1.82, 2.24) is 15.1 Å². The molecule has 4 nitrogen and oxygen atoms in total. The number of carbonyl (C=O) groups excluding carboxylic acids is 1. The number of carbonyl (C=O) groups is 1. The fourth-order valence-electron chi connectivity index (χ4n) is 2.64. The van der Waals surface area contributed by atoms with Crippen LogP contribution in [0.4, 0.5) is 4.79 Å². The highest BCUT2D eigenvalue weighted by Crippen LogP contribution is 2.18. The van der Waals surface area contributed by atoms with Crippen molar-refractivity contribution in [3.05, 3.63) is 0 Å². The normalized spacial score (nSPS) is 21.9. The van der Waals surface area contributed by atoms with E-state index in [4.69, 9.17) is 6.42 Å². The van der Waals surface area contributed by atoms with Gasteiger partial charge in [-0.15, -0.1) is 12.3 Å². The number of nitrogens with one attached hydrogen (secondary N) is 1. The second-order valence-corrected chi connectivity index (χ2v) is 4.75. The van der Waals surface area contributed by atoms with Crippen molar-refractivity contribution in [2.75, 3.05) is 32.7 Å². The van der Waals surface area contributed by atoms with Gasteiger partial charge in [0.1, 0.15) is 0 Å². The Kier molecular flexibility index (Phi) is 4.27. The summed E-state index contributed by atoms with van der Waals surface area (Å²) in [6, 6.07) is 0.662. The zero-order chi connectivity index (χ0) is 12.1. The highest BCUT2D eigenvalue weighted by Gasteiger charge is 2.33. The van der Waals surface area contributed by atoms with E-state index in [9.17, 15) is 4.79 Å². The van der Waals surface area contributed by atoms with Crippen molar-refractivity contribution >= 4 is 6.03 Å². The Bertz CT molecular complexity index is 304. The first kappa shape index (κ1) is 12.3. The molecule has 2 heterocycles. The van der Waals surface area contributed by atoms with Crippen LogP contribution < -0.4 is 5.32 Å². The lowest BCUT2D eigenvalue weighted by Crippen LogP contribution is -2.45. The highest BCUT2D eigenvalue weighted by molar-refractivity contribution is 5.76. The first-order valence-corrected chi connectivity index (χ1v) is 6.52. The summed E-state index contributed by atoms with van der Waals surface area (Å²) in [5.41, 5.74) is 0. The van der Waals surface area contributed by atoms with Crippen LogP contribution in [0.2, 0.25) is 0 Å². The van der Waals surface area contributed by atoms with Gasteiger partial charge in [-0.2, -0.15) is 0 Å². The van der Waals surface area contributed by atoms with E-state index in [0.29, 0.717) is 6.04 Å². The zero-order valence-corrected chi connectivity index (χ0v) is 10.3. The Morgan fingerprint density at radius 2 is 2.12 bits per heavy atom. The molecule has 0 spiro atoms. The lowest BCUT2D eigenvalue weighted by atomic mass is 10.1. The molecule has 0 bridgehead atoms. The Balaban J connectivity index is 1.82. The first-order valence-electron chi connectivity index (χ1n) is 6.52. The molecule has 0 radical (unpaired) electrons. The molecule has 0 atom stereocenters. The second kappa shape index (κ2) is 5.92. The zero-order valence-electron chi connectivity index (χ0n) is 10.3. The summed E-state index contributed by atoms with van der Waals surface area (Å²) in [4.78, 5) is 16.2. The van der Waals surface area contributed by atoms with Gasteiger partial charge < -0.3 is 15.1 Å². The third kappa shape index (κ3) is 2.92.